The molecule has 3 N–H and O–H groups in total. The molecular weight excluding hydrogens is 215 g/mol. The SMILES string of the molecule is CC(N)(COCCCC(F)(F)F)C(=O)O. The summed E-state index contributed by atoms with van der Waals surface area (Å²) < 4.78 is 39.8. The molecular formula is C8H14F3NO3. The van der Waals surface area contributed by atoms with Crippen LogP contribution in [0.4, 0.5) is 13.2 Å². The Morgan fingerprint density at radius 1 is 1.47 bits per heavy atom. The summed E-state index contributed by atoms with van der Waals surface area (Å²) in [6.07, 6.45) is -5.34. The van der Waals surface area contributed by atoms with Crippen molar-refractivity contribution in [3.05, 3.63) is 0 Å². The smallest absolute Gasteiger partial charge is 0.389 e. The van der Waals surface area contributed by atoms with Gasteiger partial charge in [-0.25, -0.2) is 0 Å². The molecule has 1 unspecified atom stereocenters. The van der Waals surface area contributed by atoms with Crippen LogP contribution < -0.4 is 5.73 Å². The van der Waals surface area contributed by atoms with E-state index >= 15 is 0 Å². The molecule has 0 spiro atoms. The summed E-state index contributed by atoms with van der Waals surface area (Å²) in [5.74, 6) is -1.25. The standard InChI is InChI=1S/C8H14F3NO3/c1-7(12,6(13)14)5-15-4-2-3-8(9,10)11/h2-5,12H2,1H3,(H,13,14). The average molecular weight is 229 g/mol. The second-order valence-corrected chi connectivity index (χ2v) is 3.49. The predicted octanol–water partition coefficient (Wildman–Crippen LogP) is 1.15. The Balaban J connectivity index is 3.60. The summed E-state index contributed by atoms with van der Waals surface area (Å²) in [6.45, 7) is 0.777. The van der Waals surface area contributed by atoms with Crippen LogP contribution in [0.1, 0.15) is 19.8 Å². The fourth-order valence-corrected chi connectivity index (χ4v) is 0.721. The fraction of sp³-hybridized carbons (Fsp3) is 0.875. The molecule has 90 valence electrons. The van der Waals surface area contributed by atoms with E-state index in [0.29, 0.717) is 0 Å². The van der Waals surface area contributed by atoms with Crippen molar-refractivity contribution in [3.63, 3.8) is 0 Å². The molecule has 0 aliphatic carbocycles. The lowest BCUT2D eigenvalue weighted by Gasteiger charge is -2.18. The maximum absolute atomic E-state index is 11.7. The third-order valence-electron chi connectivity index (χ3n) is 1.64. The van der Waals surface area contributed by atoms with Crippen LogP contribution in [0, 0.1) is 0 Å². The highest BCUT2D eigenvalue weighted by Crippen LogP contribution is 2.21. The van der Waals surface area contributed by atoms with E-state index in [1.54, 1.807) is 0 Å². The zero-order valence-electron chi connectivity index (χ0n) is 8.30. The quantitative estimate of drug-likeness (QED) is 0.670. The second kappa shape index (κ2) is 5.32. The van der Waals surface area contributed by atoms with E-state index in [1.807, 2.05) is 0 Å². The molecule has 1 atom stereocenters. The van der Waals surface area contributed by atoms with Crippen LogP contribution >= 0.6 is 0 Å². The zero-order valence-corrected chi connectivity index (χ0v) is 8.30. The van der Waals surface area contributed by atoms with Gasteiger partial charge in [-0.3, -0.25) is 4.79 Å². The Bertz CT molecular complexity index is 216. The molecule has 0 radical (unpaired) electrons. The van der Waals surface area contributed by atoms with Gasteiger partial charge in [-0.15, -0.1) is 0 Å². The molecule has 0 bridgehead atoms. The first-order valence-electron chi connectivity index (χ1n) is 4.32. The van der Waals surface area contributed by atoms with E-state index in [2.05, 4.69) is 0 Å². The monoisotopic (exact) mass is 229 g/mol. The van der Waals surface area contributed by atoms with Gasteiger partial charge in [0, 0.05) is 13.0 Å². The molecule has 0 saturated heterocycles. The summed E-state index contributed by atoms with van der Waals surface area (Å²) in [5, 5.41) is 8.54. The van der Waals surface area contributed by atoms with Crippen LogP contribution in [0.15, 0.2) is 0 Å². The van der Waals surface area contributed by atoms with Gasteiger partial charge >= 0.3 is 12.1 Å². The van der Waals surface area contributed by atoms with Crippen LogP contribution in [-0.4, -0.2) is 36.0 Å². The predicted molar refractivity (Wildman–Crippen MR) is 46.3 cm³/mol. The van der Waals surface area contributed by atoms with Crippen LogP contribution in [0.5, 0.6) is 0 Å². The van der Waals surface area contributed by atoms with Crippen molar-refractivity contribution >= 4 is 5.97 Å². The molecule has 0 aromatic carbocycles. The molecule has 0 rings (SSSR count). The van der Waals surface area contributed by atoms with Crippen molar-refractivity contribution < 1.29 is 27.8 Å². The molecule has 4 nitrogen and oxygen atoms in total. The highest BCUT2D eigenvalue weighted by molar-refractivity contribution is 5.77. The highest BCUT2D eigenvalue weighted by Gasteiger charge is 2.29. The van der Waals surface area contributed by atoms with Crippen molar-refractivity contribution in [2.45, 2.75) is 31.5 Å². The van der Waals surface area contributed by atoms with E-state index in [1.165, 1.54) is 6.92 Å². The molecule has 0 amide bonds. The van der Waals surface area contributed by atoms with Gasteiger partial charge in [-0.1, -0.05) is 0 Å². The number of carboxylic acid groups (broad SMARTS) is 1. The summed E-state index contributed by atoms with van der Waals surface area (Å²) in [4.78, 5) is 10.5. The Labute approximate surface area is 85.2 Å². The Morgan fingerprint density at radius 3 is 2.40 bits per heavy atom. The molecule has 0 aliphatic heterocycles. The van der Waals surface area contributed by atoms with Crippen molar-refractivity contribution in [2.75, 3.05) is 13.2 Å². The molecule has 7 heteroatoms. The minimum absolute atomic E-state index is 0.153. The Kier molecular flexibility index (Phi) is 5.02. The van der Waals surface area contributed by atoms with E-state index in [9.17, 15) is 18.0 Å². The number of hydrogen-bond acceptors (Lipinski definition) is 3. The lowest BCUT2D eigenvalue weighted by Crippen LogP contribution is -2.49. The normalized spacial score (nSPS) is 16.1. The number of carbonyl (C=O) groups is 1. The number of hydrogen-bond donors (Lipinski definition) is 2. The van der Waals surface area contributed by atoms with E-state index in [0.717, 1.165) is 0 Å². The number of ether oxygens (including phenoxy) is 1. The van der Waals surface area contributed by atoms with E-state index in [-0.39, 0.29) is 19.6 Å². The van der Waals surface area contributed by atoms with Gasteiger partial charge < -0.3 is 15.6 Å². The average Bonchev–Trinajstić information content (AvgIpc) is 2.00. The zero-order chi connectivity index (χ0) is 12.1. The number of nitrogens with two attached hydrogens (primary N) is 1. The minimum Gasteiger partial charge on any atom is -0.480 e. The number of carboxylic acids is 1. The van der Waals surface area contributed by atoms with Crippen molar-refractivity contribution in [1.29, 1.82) is 0 Å². The molecule has 0 heterocycles. The lowest BCUT2D eigenvalue weighted by atomic mass is 10.1. The summed E-state index contributed by atoms with van der Waals surface area (Å²) >= 11 is 0. The Hall–Kier alpha value is -0.820. The van der Waals surface area contributed by atoms with E-state index in [4.69, 9.17) is 15.6 Å². The van der Waals surface area contributed by atoms with Gasteiger partial charge in [0.1, 0.15) is 5.54 Å². The first kappa shape index (κ1) is 14.2. The van der Waals surface area contributed by atoms with Crippen LogP contribution in [0.2, 0.25) is 0 Å². The molecule has 0 aromatic heterocycles. The van der Waals surface area contributed by atoms with Gasteiger partial charge in [0.15, 0.2) is 0 Å². The maximum atomic E-state index is 11.7. The maximum Gasteiger partial charge on any atom is 0.389 e. The first-order chi connectivity index (χ1) is 6.65. The number of halogens is 3. The highest BCUT2D eigenvalue weighted by atomic mass is 19.4. The van der Waals surface area contributed by atoms with Crippen molar-refractivity contribution in [1.82, 2.24) is 0 Å². The van der Waals surface area contributed by atoms with Crippen molar-refractivity contribution in [2.24, 2.45) is 5.73 Å². The van der Waals surface area contributed by atoms with Gasteiger partial charge in [0.05, 0.1) is 6.61 Å². The molecule has 0 aliphatic rings. The summed E-state index contributed by atoms with van der Waals surface area (Å²) in [5.41, 5.74) is 3.72. The molecule has 0 aromatic rings. The number of aliphatic carboxylic acids is 1. The molecule has 0 fully saturated rings. The largest absolute Gasteiger partial charge is 0.480 e. The van der Waals surface area contributed by atoms with Gasteiger partial charge in [0.2, 0.25) is 0 Å². The van der Waals surface area contributed by atoms with Crippen LogP contribution in [0.25, 0.3) is 0 Å². The third-order valence-corrected chi connectivity index (χ3v) is 1.64. The van der Waals surface area contributed by atoms with Gasteiger partial charge in [-0.2, -0.15) is 13.2 Å². The minimum atomic E-state index is -4.21. The third kappa shape index (κ3) is 7.15. The number of alkyl halides is 3. The van der Waals surface area contributed by atoms with Crippen molar-refractivity contribution in [3.8, 4) is 0 Å². The fourth-order valence-electron chi connectivity index (χ4n) is 0.721. The topological polar surface area (TPSA) is 72.5 Å². The second-order valence-electron chi connectivity index (χ2n) is 3.49. The molecule has 15 heavy (non-hydrogen) atoms. The summed E-state index contributed by atoms with van der Waals surface area (Å²) in [7, 11) is 0. The summed E-state index contributed by atoms with van der Waals surface area (Å²) in [6, 6.07) is 0. The lowest BCUT2D eigenvalue weighted by molar-refractivity contribution is -0.147. The molecule has 0 saturated carbocycles. The van der Waals surface area contributed by atoms with Gasteiger partial charge in [0.25, 0.3) is 0 Å². The van der Waals surface area contributed by atoms with E-state index < -0.39 is 24.1 Å². The first-order valence-corrected chi connectivity index (χ1v) is 4.32. The van der Waals surface area contributed by atoms with Crippen LogP contribution in [-0.2, 0) is 9.53 Å². The van der Waals surface area contributed by atoms with Gasteiger partial charge in [-0.05, 0) is 13.3 Å². The Morgan fingerprint density at radius 2 is 2.00 bits per heavy atom. The number of rotatable bonds is 6. The van der Waals surface area contributed by atoms with Crippen LogP contribution in [0.3, 0.4) is 0 Å².